The van der Waals surface area contributed by atoms with Gasteiger partial charge in [-0.25, -0.2) is 4.98 Å². The number of pyridine rings is 1. The van der Waals surface area contributed by atoms with Crippen LogP contribution in [0.3, 0.4) is 0 Å². The third-order valence-corrected chi connectivity index (χ3v) is 4.99. The monoisotopic (exact) mass is 332 g/mol. The van der Waals surface area contributed by atoms with Crippen LogP contribution in [0.5, 0.6) is 0 Å². The Morgan fingerprint density at radius 1 is 1.22 bits per heavy atom. The van der Waals surface area contributed by atoms with Crippen molar-refractivity contribution in [2.75, 3.05) is 18.0 Å². The highest BCUT2D eigenvalue weighted by Crippen LogP contribution is 2.28. The molecule has 0 bridgehead atoms. The molecule has 4 heteroatoms. The zero-order chi connectivity index (χ0) is 16.4. The third kappa shape index (κ3) is 3.96. The van der Waals surface area contributed by atoms with Crippen molar-refractivity contribution >= 4 is 28.3 Å². The molecule has 23 heavy (non-hydrogen) atoms. The van der Waals surface area contributed by atoms with Gasteiger partial charge in [-0.05, 0) is 61.4 Å². The highest BCUT2D eigenvalue weighted by atomic mass is 35.5. The molecule has 2 heterocycles. The van der Waals surface area contributed by atoms with Crippen LogP contribution in [0.4, 0.5) is 5.82 Å². The van der Waals surface area contributed by atoms with Gasteiger partial charge >= 0.3 is 0 Å². The topological polar surface area (TPSA) is 36.4 Å². The second kappa shape index (κ2) is 7.06. The van der Waals surface area contributed by atoms with E-state index < -0.39 is 0 Å². The van der Waals surface area contributed by atoms with Gasteiger partial charge < -0.3 is 10.0 Å². The number of nitrogens with zero attached hydrogens (tertiary/aromatic N) is 2. The van der Waals surface area contributed by atoms with Crippen LogP contribution in [0.25, 0.3) is 10.9 Å². The van der Waals surface area contributed by atoms with Gasteiger partial charge in [0.1, 0.15) is 5.82 Å². The molecular weight excluding hydrogens is 308 g/mol. The maximum Gasteiger partial charge on any atom is 0.129 e. The van der Waals surface area contributed by atoms with Crippen LogP contribution in [0, 0.1) is 11.8 Å². The Bertz CT molecular complexity index is 665. The zero-order valence-corrected chi connectivity index (χ0v) is 14.6. The Kier molecular flexibility index (Phi) is 5.08. The second-order valence-corrected chi connectivity index (χ2v) is 7.46. The maximum absolute atomic E-state index is 10.3. The fourth-order valence-corrected chi connectivity index (χ4v) is 3.63. The molecule has 1 N–H and O–H groups in total. The minimum atomic E-state index is -0.163. The highest BCUT2D eigenvalue weighted by molar-refractivity contribution is 6.31. The minimum absolute atomic E-state index is 0.163. The summed E-state index contributed by atoms with van der Waals surface area (Å²) < 4.78 is 0. The normalized spacial score (nSPS) is 17.9. The molecule has 0 unspecified atom stereocenters. The number of piperidine rings is 1. The molecule has 3 rings (SSSR count). The molecule has 124 valence electrons. The number of anilines is 1. The van der Waals surface area contributed by atoms with E-state index in [4.69, 9.17) is 16.6 Å². The van der Waals surface area contributed by atoms with Crippen molar-refractivity contribution in [1.29, 1.82) is 0 Å². The predicted octanol–water partition coefficient (Wildman–Crippen LogP) is 4.51. The predicted molar refractivity (Wildman–Crippen MR) is 97.2 cm³/mol. The maximum atomic E-state index is 10.3. The summed E-state index contributed by atoms with van der Waals surface area (Å²) in [5.74, 6) is 2.00. The van der Waals surface area contributed by atoms with Gasteiger partial charge in [-0.2, -0.15) is 0 Å². The third-order valence-electron chi connectivity index (χ3n) is 4.76. The first-order valence-corrected chi connectivity index (χ1v) is 8.90. The van der Waals surface area contributed by atoms with E-state index in [1.165, 1.54) is 0 Å². The lowest BCUT2D eigenvalue weighted by Gasteiger charge is -2.35. The van der Waals surface area contributed by atoms with Gasteiger partial charge in [0.05, 0.1) is 11.6 Å². The lowest BCUT2D eigenvalue weighted by molar-refractivity contribution is 0.0734. The number of rotatable bonds is 4. The van der Waals surface area contributed by atoms with Gasteiger partial charge in [-0.15, -0.1) is 0 Å². The molecule has 0 aliphatic carbocycles. The molecule has 1 fully saturated rings. The van der Waals surface area contributed by atoms with Gasteiger partial charge in [0.25, 0.3) is 0 Å². The molecule has 0 spiro atoms. The van der Waals surface area contributed by atoms with Gasteiger partial charge in [0, 0.05) is 23.5 Å². The quantitative estimate of drug-likeness (QED) is 0.894. The van der Waals surface area contributed by atoms with Crippen LogP contribution in [0.1, 0.15) is 33.1 Å². The van der Waals surface area contributed by atoms with Gasteiger partial charge in [-0.1, -0.05) is 25.4 Å². The lowest BCUT2D eigenvalue weighted by atomic mass is 9.87. The van der Waals surface area contributed by atoms with E-state index in [2.05, 4.69) is 30.9 Å². The first-order chi connectivity index (χ1) is 11.0. The molecule has 0 saturated carbocycles. The van der Waals surface area contributed by atoms with Crippen molar-refractivity contribution in [2.24, 2.45) is 11.8 Å². The number of hydrogen-bond donors (Lipinski definition) is 1. The summed E-state index contributed by atoms with van der Waals surface area (Å²) in [6.45, 7) is 6.27. The van der Waals surface area contributed by atoms with Crippen LogP contribution < -0.4 is 4.90 Å². The average Bonchev–Trinajstić information content (AvgIpc) is 2.54. The van der Waals surface area contributed by atoms with Crippen molar-refractivity contribution in [2.45, 2.75) is 39.2 Å². The second-order valence-electron chi connectivity index (χ2n) is 7.03. The van der Waals surface area contributed by atoms with E-state index in [0.29, 0.717) is 11.8 Å². The molecule has 2 aromatic rings. The van der Waals surface area contributed by atoms with Crippen LogP contribution in [-0.4, -0.2) is 29.3 Å². The van der Waals surface area contributed by atoms with Crippen LogP contribution in [0.15, 0.2) is 30.3 Å². The van der Waals surface area contributed by atoms with Crippen molar-refractivity contribution < 1.29 is 5.11 Å². The number of halogens is 1. The molecule has 1 saturated heterocycles. The van der Waals surface area contributed by atoms with Crippen molar-refractivity contribution in [1.82, 2.24) is 4.98 Å². The Morgan fingerprint density at radius 2 is 1.96 bits per heavy atom. The SMILES string of the molecule is CC(C)C[C@@H](O)C1CCN(c2ccc3cc(Cl)ccc3n2)CC1. The van der Waals surface area contributed by atoms with Crippen LogP contribution >= 0.6 is 11.6 Å². The van der Waals surface area contributed by atoms with Crippen molar-refractivity contribution in [3.63, 3.8) is 0 Å². The highest BCUT2D eigenvalue weighted by Gasteiger charge is 2.26. The fraction of sp³-hybridized carbons (Fsp3) is 0.526. The molecular formula is C19H25ClN2O. The number of aromatic nitrogens is 1. The first kappa shape index (κ1) is 16.5. The zero-order valence-electron chi connectivity index (χ0n) is 13.9. The van der Waals surface area contributed by atoms with Gasteiger partial charge in [0.2, 0.25) is 0 Å². The Labute approximate surface area is 143 Å². The summed E-state index contributed by atoms with van der Waals surface area (Å²) in [4.78, 5) is 7.09. The van der Waals surface area contributed by atoms with Gasteiger partial charge in [0.15, 0.2) is 0 Å². The molecule has 1 aromatic carbocycles. The number of aliphatic hydroxyl groups excluding tert-OH is 1. The van der Waals surface area contributed by atoms with E-state index in [9.17, 15) is 5.11 Å². The summed E-state index contributed by atoms with van der Waals surface area (Å²) in [7, 11) is 0. The van der Waals surface area contributed by atoms with E-state index >= 15 is 0 Å². The van der Waals surface area contributed by atoms with Crippen molar-refractivity contribution in [3.8, 4) is 0 Å². The van der Waals surface area contributed by atoms with E-state index in [1.807, 2.05) is 18.2 Å². The summed E-state index contributed by atoms with van der Waals surface area (Å²) in [6, 6.07) is 9.96. The Balaban J connectivity index is 1.66. The minimum Gasteiger partial charge on any atom is -0.393 e. The smallest absolute Gasteiger partial charge is 0.129 e. The molecule has 0 radical (unpaired) electrons. The van der Waals surface area contributed by atoms with Crippen LogP contribution in [0.2, 0.25) is 5.02 Å². The largest absolute Gasteiger partial charge is 0.393 e. The Hall–Kier alpha value is -1.32. The average molecular weight is 333 g/mol. The number of fused-ring (bicyclic) bond motifs is 1. The summed E-state index contributed by atoms with van der Waals surface area (Å²) in [5.41, 5.74) is 0.980. The first-order valence-electron chi connectivity index (χ1n) is 8.52. The summed E-state index contributed by atoms with van der Waals surface area (Å²) in [6.07, 6.45) is 2.81. The van der Waals surface area contributed by atoms with Crippen molar-refractivity contribution in [3.05, 3.63) is 35.4 Å². The number of hydrogen-bond acceptors (Lipinski definition) is 3. The summed E-state index contributed by atoms with van der Waals surface area (Å²) >= 11 is 6.03. The van der Waals surface area contributed by atoms with E-state index in [1.54, 1.807) is 0 Å². The molecule has 0 amide bonds. The molecule has 1 aliphatic rings. The standard InChI is InChI=1S/C19H25ClN2O/c1-13(2)11-18(23)14-7-9-22(10-8-14)19-6-3-15-12-16(20)4-5-17(15)21-19/h3-6,12-14,18,23H,7-11H2,1-2H3/t18-/m1/s1. The lowest BCUT2D eigenvalue weighted by Crippen LogP contribution is -2.38. The Morgan fingerprint density at radius 3 is 2.65 bits per heavy atom. The fourth-order valence-electron chi connectivity index (χ4n) is 3.45. The summed E-state index contributed by atoms with van der Waals surface area (Å²) in [5, 5.41) is 12.1. The number of aliphatic hydroxyl groups is 1. The van der Waals surface area contributed by atoms with E-state index in [0.717, 1.165) is 54.1 Å². The molecule has 1 aromatic heterocycles. The molecule has 1 atom stereocenters. The molecule has 3 nitrogen and oxygen atoms in total. The van der Waals surface area contributed by atoms with Gasteiger partial charge in [-0.3, -0.25) is 0 Å². The number of benzene rings is 1. The van der Waals surface area contributed by atoms with E-state index in [-0.39, 0.29) is 6.10 Å². The molecule has 1 aliphatic heterocycles. The van der Waals surface area contributed by atoms with Crippen LogP contribution in [-0.2, 0) is 0 Å².